The Hall–Kier alpha value is -3.05. The van der Waals surface area contributed by atoms with Gasteiger partial charge in [0.25, 0.3) is 0 Å². The van der Waals surface area contributed by atoms with Gasteiger partial charge in [0.05, 0.1) is 25.0 Å². The molecular formula is C26H26FNO3. The van der Waals surface area contributed by atoms with E-state index in [-0.39, 0.29) is 18.1 Å². The number of aromatic nitrogens is 1. The molecule has 1 aromatic heterocycles. The first kappa shape index (κ1) is 21.2. The molecule has 0 fully saturated rings. The monoisotopic (exact) mass is 419 g/mol. The van der Waals surface area contributed by atoms with Crippen LogP contribution in [0.25, 0.3) is 22.4 Å². The smallest absolute Gasteiger partial charge is 0.340 e. The molecule has 1 aliphatic carbocycles. The van der Waals surface area contributed by atoms with Gasteiger partial charge in [0.15, 0.2) is 0 Å². The fraction of sp³-hybridized carbons (Fsp3) is 0.308. The minimum atomic E-state index is -0.723. The highest BCUT2D eigenvalue weighted by molar-refractivity contribution is 5.92. The largest absolute Gasteiger partial charge is 0.465 e. The minimum absolute atomic E-state index is 0.0853. The summed E-state index contributed by atoms with van der Waals surface area (Å²) < 4.78 is 19.1. The molecular weight excluding hydrogens is 393 g/mol. The Morgan fingerprint density at radius 2 is 1.97 bits per heavy atom. The molecule has 1 aliphatic rings. The van der Waals surface area contributed by atoms with Crippen LogP contribution in [0, 0.1) is 5.82 Å². The molecule has 3 aromatic rings. The number of aliphatic hydroxyl groups is 1. The Labute approximate surface area is 181 Å². The van der Waals surface area contributed by atoms with Gasteiger partial charge in [-0.3, -0.25) is 4.98 Å². The van der Waals surface area contributed by atoms with E-state index in [1.807, 2.05) is 26.0 Å². The molecule has 2 aromatic carbocycles. The minimum Gasteiger partial charge on any atom is -0.465 e. The van der Waals surface area contributed by atoms with E-state index in [1.165, 1.54) is 24.8 Å². The molecule has 0 bridgehead atoms. The maximum atomic E-state index is 14.4. The predicted molar refractivity (Wildman–Crippen MR) is 118 cm³/mol. The Morgan fingerprint density at radius 1 is 1.19 bits per heavy atom. The summed E-state index contributed by atoms with van der Waals surface area (Å²) in [5, 5.41) is 10.4. The van der Waals surface area contributed by atoms with Gasteiger partial charge >= 0.3 is 5.97 Å². The maximum absolute atomic E-state index is 14.4. The molecule has 4 nitrogen and oxygen atoms in total. The molecule has 0 saturated carbocycles. The molecule has 5 heteroatoms. The number of carbonyl (C=O) groups is 1. The highest BCUT2D eigenvalue weighted by Crippen LogP contribution is 2.41. The highest BCUT2D eigenvalue weighted by atomic mass is 19.1. The summed E-state index contributed by atoms with van der Waals surface area (Å²) in [5.74, 6) is -1.27. The van der Waals surface area contributed by atoms with Crippen molar-refractivity contribution < 1.29 is 19.0 Å². The number of hydrogen-bond acceptors (Lipinski definition) is 4. The zero-order valence-electron chi connectivity index (χ0n) is 18.0. The SMILES string of the molecule is COC(=O)c1cc(-c2c3c(nc(C(C)C)c2CO)-c2ccccc2CCC3)ccc1F. The van der Waals surface area contributed by atoms with Crippen molar-refractivity contribution in [3.63, 3.8) is 0 Å². The molecule has 0 radical (unpaired) electrons. The average molecular weight is 419 g/mol. The zero-order chi connectivity index (χ0) is 22.1. The topological polar surface area (TPSA) is 59.4 Å². The fourth-order valence-electron chi connectivity index (χ4n) is 4.51. The third-order valence-electron chi connectivity index (χ3n) is 5.94. The lowest BCUT2D eigenvalue weighted by Gasteiger charge is -2.22. The highest BCUT2D eigenvalue weighted by Gasteiger charge is 2.26. The van der Waals surface area contributed by atoms with E-state index in [1.54, 1.807) is 6.07 Å². The zero-order valence-corrected chi connectivity index (χ0v) is 18.0. The summed E-state index contributed by atoms with van der Waals surface area (Å²) in [6.45, 7) is 3.91. The van der Waals surface area contributed by atoms with Crippen LogP contribution < -0.4 is 0 Å². The van der Waals surface area contributed by atoms with Crippen molar-refractivity contribution >= 4 is 5.97 Å². The first-order valence-corrected chi connectivity index (χ1v) is 10.6. The van der Waals surface area contributed by atoms with Crippen molar-refractivity contribution in [3.8, 4) is 22.4 Å². The molecule has 0 spiro atoms. The van der Waals surface area contributed by atoms with Gasteiger partial charge in [-0.1, -0.05) is 44.2 Å². The second-order valence-electron chi connectivity index (χ2n) is 8.19. The lowest BCUT2D eigenvalue weighted by Crippen LogP contribution is -2.10. The standard InChI is InChI=1S/C26H26FNO3/c1-15(2)24-21(14-29)23(17-11-12-22(27)20(13-17)26(30)31-3)19-10-6-8-16-7-4-5-9-18(16)25(19)28-24/h4-5,7,9,11-13,15,29H,6,8,10,14H2,1-3H3. The van der Waals surface area contributed by atoms with Gasteiger partial charge in [-0.05, 0) is 59.6 Å². The van der Waals surface area contributed by atoms with Gasteiger partial charge in [-0.15, -0.1) is 0 Å². The number of methoxy groups -OCH3 is 1. The van der Waals surface area contributed by atoms with Crippen LogP contribution in [0.1, 0.15) is 58.9 Å². The molecule has 0 aliphatic heterocycles. The lowest BCUT2D eigenvalue weighted by molar-refractivity contribution is 0.0595. The number of nitrogens with zero attached hydrogens (tertiary/aromatic N) is 1. The van der Waals surface area contributed by atoms with Crippen molar-refractivity contribution in [3.05, 3.63) is 76.2 Å². The molecule has 0 atom stereocenters. The molecule has 160 valence electrons. The summed E-state index contributed by atoms with van der Waals surface area (Å²) >= 11 is 0. The predicted octanol–water partition coefficient (Wildman–Crippen LogP) is 5.45. The Bertz CT molecular complexity index is 1150. The lowest BCUT2D eigenvalue weighted by atomic mass is 9.86. The second kappa shape index (κ2) is 8.60. The first-order valence-electron chi connectivity index (χ1n) is 10.6. The van der Waals surface area contributed by atoms with Crippen LogP contribution in [-0.2, 0) is 24.2 Å². The van der Waals surface area contributed by atoms with Crippen molar-refractivity contribution in [2.45, 2.75) is 45.6 Å². The van der Waals surface area contributed by atoms with Crippen LogP contribution in [0.3, 0.4) is 0 Å². The summed E-state index contributed by atoms with van der Waals surface area (Å²) in [5.41, 5.74) is 7.25. The summed E-state index contributed by atoms with van der Waals surface area (Å²) in [7, 11) is 1.24. The van der Waals surface area contributed by atoms with Gasteiger partial charge in [0.2, 0.25) is 0 Å². The molecule has 4 rings (SSSR count). The molecule has 31 heavy (non-hydrogen) atoms. The van der Waals surface area contributed by atoms with Crippen LogP contribution in [0.15, 0.2) is 42.5 Å². The van der Waals surface area contributed by atoms with Crippen molar-refractivity contribution in [1.82, 2.24) is 4.98 Å². The number of carbonyl (C=O) groups excluding carboxylic acids is 1. The van der Waals surface area contributed by atoms with E-state index >= 15 is 0 Å². The van der Waals surface area contributed by atoms with Gasteiger partial charge in [-0.2, -0.15) is 0 Å². The Kier molecular flexibility index (Phi) is 5.88. The van der Waals surface area contributed by atoms with Crippen LogP contribution in [0.4, 0.5) is 4.39 Å². The second-order valence-corrected chi connectivity index (χ2v) is 8.19. The van der Waals surface area contributed by atoms with E-state index in [4.69, 9.17) is 9.72 Å². The van der Waals surface area contributed by atoms with Crippen molar-refractivity contribution in [2.24, 2.45) is 0 Å². The van der Waals surface area contributed by atoms with Gasteiger partial charge in [0, 0.05) is 16.8 Å². The van der Waals surface area contributed by atoms with Crippen LogP contribution in [-0.4, -0.2) is 23.2 Å². The first-order chi connectivity index (χ1) is 15.0. The number of pyridine rings is 1. The Morgan fingerprint density at radius 3 is 2.68 bits per heavy atom. The molecule has 1 heterocycles. The number of halogens is 1. The van der Waals surface area contributed by atoms with Crippen molar-refractivity contribution in [1.29, 1.82) is 0 Å². The molecule has 0 saturated heterocycles. The number of fused-ring (bicyclic) bond motifs is 3. The normalized spacial score (nSPS) is 12.8. The van der Waals surface area contributed by atoms with Gasteiger partial charge in [-0.25, -0.2) is 9.18 Å². The number of esters is 1. The van der Waals surface area contributed by atoms with E-state index in [9.17, 15) is 14.3 Å². The third-order valence-corrected chi connectivity index (χ3v) is 5.94. The van der Waals surface area contributed by atoms with E-state index in [0.29, 0.717) is 5.56 Å². The summed E-state index contributed by atoms with van der Waals surface area (Å²) in [6, 6.07) is 12.7. The molecule has 0 amide bonds. The fourth-order valence-corrected chi connectivity index (χ4v) is 4.51. The Balaban J connectivity index is 2.08. The number of benzene rings is 2. The summed E-state index contributed by atoms with van der Waals surface area (Å²) in [6.07, 6.45) is 2.66. The van der Waals surface area contributed by atoms with E-state index < -0.39 is 11.8 Å². The number of ether oxygens (including phenoxy) is 1. The van der Waals surface area contributed by atoms with E-state index in [2.05, 4.69) is 12.1 Å². The average Bonchev–Trinajstić information content (AvgIpc) is 2.97. The third kappa shape index (κ3) is 3.74. The molecule has 1 N–H and O–H groups in total. The van der Waals surface area contributed by atoms with Gasteiger partial charge in [0.1, 0.15) is 5.82 Å². The van der Waals surface area contributed by atoms with Crippen LogP contribution in [0.5, 0.6) is 0 Å². The number of aliphatic hydroxyl groups excluding tert-OH is 1. The number of hydrogen-bond donors (Lipinski definition) is 1. The molecule has 0 unspecified atom stereocenters. The maximum Gasteiger partial charge on any atom is 0.340 e. The van der Waals surface area contributed by atoms with Crippen molar-refractivity contribution in [2.75, 3.05) is 7.11 Å². The number of aryl methyl sites for hydroxylation is 1. The number of rotatable bonds is 4. The van der Waals surface area contributed by atoms with E-state index in [0.717, 1.165) is 52.9 Å². The summed E-state index contributed by atoms with van der Waals surface area (Å²) in [4.78, 5) is 17.2. The van der Waals surface area contributed by atoms with Crippen LogP contribution >= 0.6 is 0 Å². The quantitative estimate of drug-likeness (QED) is 0.572. The van der Waals surface area contributed by atoms with Gasteiger partial charge < -0.3 is 9.84 Å². The van der Waals surface area contributed by atoms with Crippen LogP contribution in [0.2, 0.25) is 0 Å².